The van der Waals surface area contributed by atoms with Gasteiger partial charge in [0.15, 0.2) is 6.61 Å². The van der Waals surface area contributed by atoms with Crippen LogP contribution in [0.25, 0.3) is 16.2 Å². The first-order valence-corrected chi connectivity index (χ1v) is 9.68. The molecule has 1 aliphatic rings. The van der Waals surface area contributed by atoms with E-state index < -0.39 is 18.5 Å². The largest absolute Gasteiger partial charge is 0.452 e. The highest BCUT2D eigenvalue weighted by atomic mass is 35.5. The zero-order chi connectivity index (χ0) is 19.4. The first kappa shape index (κ1) is 19.4. The second kappa shape index (κ2) is 8.54. The zero-order valence-corrected chi connectivity index (χ0v) is 16.3. The lowest BCUT2D eigenvalue weighted by molar-refractivity contribution is -0.148. The van der Waals surface area contributed by atoms with Crippen molar-refractivity contribution in [3.63, 3.8) is 0 Å². The highest BCUT2D eigenvalue weighted by Crippen LogP contribution is 2.35. The van der Waals surface area contributed by atoms with Gasteiger partial charge in [0, 0.05) is 34.1 Å². The average Bonchev–Trinajstić information content (AvgIpc) is 3.40. The number of benzene rings is 1. The van der Waals surface area contributed by atoms with Crippen molar-refractivity contribution in [3.05, 3.63) is 40.2 Å². The number of esters is 1. The summed E-state index contributed by atoms with van der Waals surface area (Å²) in [6.45, 7) is -0.476. The summed E-state index contributed by atoms with van der Waals surface area (Å²) in [5.41, 5.74) is 0. The van der Waals surface area contributed by atoms with Crippen molar-refractivity contribution in [1.29, 1.82) is 0 Å². The fourth-order valence-corrected chi connectivity index (χ4v) is 3.78. The van der Waals surface area contributed by atoms with Crippen LogP contribution >= 0.6 is 22.9 Å². The molecule has 0 atom stereocenters. The molecule has 1 aliphatic carbocycles. The maximum atomic E-state index is 12.0. The number of hydrogen-bond acceptors (Lipinski definition) is 5. The molecule has 1 N–H and O–H groups in total. The summed E-state index contributed by atoms with van der Waals surface area (Å²) in [5.74, 6) is -1.30. The van der Waals surface area contributed by atoms with Crippen molar-refractivity contribution in [2.45, 2.75) is 18.9 Å². The van der Waals surface area contributed by atoms with Gasteiger partial charge in [-0.2, -0.15) is 0 Å². The summed E-state index contributed by atoms with van der Waals surface area (Å²) < 4.78 is 5.97. The van der Waals surface area contributed by atoms with Gasteiger partial charge in [0.2, 0.25) is 5.91 Å². The molecular formula is C19H19ClN2O4S. The van der Waals surface area contributed by atoms with E-state index in [1.807, 2.05) is 24.3 Å². The maximum Gasteiger partial charge on any atom is 0.331 e. The van der Waals surface area contributed by atoms with Crippen molar-refractivity contribution in [2.24, 2.45) is 0 Å². The van der Waals surface area contributed by atoms with Gasteiger partial charge >= 0.3 is 5.97 Å². The fraction of sp³-hybridized carbons (Fsp3) is 0.316. The molecule has 1 fully saturated rings. The number of amides is 2. The Morgan fingerprint density at radius 1 is 1.33 bits per heavy atom. The Bertz CT molecular complexity index is 904. The van der Waals surface area contributed by atoms with Crippen molar-refractivity contribution in [1.82, 2.24) is 10.2 Å². The van der Waals surface area contributed by atoms with E-state index in [0.717, 1.165) is 27.8 Å². The Labute approximate surface area is 165 Å². The molecule has 0 saturated heterocycles. The van der Waals surface area contributed by atoms with Crippen molar-refractivity contribution >= 4 is 56.9 Å². The molecular weight excluding hydrogens is 388 g/mol. The number of carbonyl (C=O) groups is 3. The van der Waals surface area contributed by atoms with Gasteiger partial charge in [-0.05, 0) is 25.0 Å². The quantitative estimate of drug-likeness (QED) is 0.566. The highest BCUT2D eigenvalue weighted by Gasteiger charge is 2.24. The van der Waals surface area contributed by atoms with Crippen LogP contribution in [0.2, 0.25) is 5.02 Å². The smallest absolute Gasteiger partial charge is 0.331 e. The van der Waals surface area contributed by atoms with E-state index in [1.165, 1.54) is 29.4 Å². The van der Waals surface area contributed by atoms with Gasteiger partial charge in [-0.25, -0.2) is 4.79 Å². The summed E-state index contributed by atoms with van der Waals surface area (Å²) in [4.78, 5) is 37.5. The maximum absolute atomic E-state index is 12.0. The Kier molecular flexibility index (Phi) is 6.13. The van der Waals surface area contributed by atoms with Crippen LogP contribution < -0.4 is 5.32 Å². The molecule has 8 heteroatoms. The van der Waals surface area contributed by atoms with E-state index >= 15 is 0 Å². The number of carbonyl (C=O) groups excluding carboxylic acids is 3. The molecule has 2 amide bonds. The lowest BCUT2D eigenvalue weighted by Gasteiger charge is -2.16. The number of nitrogens with one attached hydrogen (secondary N) is 1. The number of halogens is 1. The number of ether oxygens (including phenoxy) is 1. The van der Waals surface area contributed by atoms with E-state index in [2.05, 4.69) is 5.32 Å². The van der Waals surface area contributed by atoms with Crippen molar-refractivity contribution < 1.29 is 19.1 Å². The van der Waals surface area contributed by atoms with E-state index in [4.69, 9.17) is 16.3 Å². The topological polar surface area (TPSA) is 75.7 Å². The first-order chi connectivity index (χ1) is 12.9. The third-order valence-corrected chi connectivity index (χ3v) is 5.67. The molecule has 0 aliphatic heterocycles. The van der Waals surface area contributed by atoms with Gasteiger partial charge in [0.05, 0.1) is 11.6 Å². The molecule has 2 aromatic rings. The molecule has 1 heterocycles. The minimum Gasteiger partial charge on any atom is -0.452 e. The molecule has 3 rings (SSSR count). The Morgan fingerprint density at radius 3 is 2.78 bits per heavy atom. The molecule has 142 valence electrons. The molecule has 1 saturated carbocycles. The van der Waals surface area contributed by atoms with Crippen LogP contribution in [-0.2, 0) is 19.1 Å². The Hall–Kier alpha value is -2.38. The normalized spacial score (nSPS) is 13.7. The van der Waals surface area contributed by atoms with Gasteiger partial charge < -0.3 is 15.0 Å². The molecule has 0 bridgehead atoms. The fourth-order valence-electron chi connectivity index (χ4n) is 2.38. The summed E-state index contributed by atoms with van der Waals surface area (Å²) >= 11 is 7.77. The van der Waals surface area contributed by atoms with Crippen molar-refractivity contribution in [3.8, 4) is 0 Å². The minimum atomic E-state index is -0.646. The number of rotatable bonds is 7. The third kappa shape index (κ3) is 5.30. The van der Waals surface area contributed by atoms with E-state index in [-0.39, 0.29) is 18.5 Å². The number of thiophene rings is 1. The van der Waals surface area contributed by atoms with Gasteiger partial charge in [0.25, 0.3) is 5.91 Å². The van der Waals surface area contributed by atoms with Crippen LogP contribution in [0.15, 0.2) is 30.3 Å². The summed E-state index contributed by atoms with van der Waals surface area (Å²) in [6, 6.07) is 7.93. The Balaban J connectivity index is 1.48. The summed E-state index contributed by atoms with van der Waals surface area (Å²) in [6.07, 6.45) is 4.78. The minimum absolute atomic E-state index is 0.0554. The van der Waals surface area contributed by atoms with Crippen LogP contribution in [0.3, 0.4) is 0 Å². The number of hydrogen-bond donors (Lipinski definition) is 1. The van der Waals surface area contributed by atoms with Gasteiger partial charge in [0.1, 0.15) is 0 Å². The molecule has 6 nitrogen and oxygen atoms in total. The predicted molar refractivity (Wildman–Crippen MR) is 106 cm³/mol. The number of nitrogens with zero attached hydrogens (tertiary/aromatic N) is 1. The summed E-state index contributed by atoms with van der Waals surface area (Å²) in [5, 5.41) is 4.31. The predicted octanol–water partition coefficient (Wildman–Crippen LogP) is 2.85. The molecule has 27 heavy (non-hydrogen) atoms. The zero-order valence-electron chi connectivity index (χ0n) is 14.7. The monoisotopic (exact) mass is 406 g/mol. The van der Waals surface area contributed by atoms with Crippen LogP contribution in [0.5, 0.6) is 0 Å². The van der Waals surface area contributed by atoms with Gasteiger partial charge in [-0.1, -0.05) is 29.8 Å². The third-order valence-electron chi connectivity index (χ3n) is 4.02. The lowest BCUT2D eigenvalue weighted by Crippen LogP contribution is -2.40. The molecule has 1 aromatic heterocycles. The molecule has 0 unspecified atom stereocenters. The summed E-state index contributed by atoms with van der Waals surface area (Å²) in [7, 11) is 1.50. The van der Waals surface area contributed by atoms with Crippen LogP contribution in [0.4, 0.5) is 0 Å². The van der Waals surface area contributed by atoms with Gasteiger partial charge in [-0.3, -0.25) is 9.59 Å². The SMILES string of the molecule is CN(CC(=O)NC1CC1)C(=O)COC(=O)/C=C/c1sc2ccccc2c1Cl. The average molecular weight is 407 g/mol. The van der Waals surface area contributed by atoms with E-state index in [1.54, 1.807) is 6.08 Å². The van der Waals surface area contributed by atoms with Crippen LogP contribution in [0.1, 0.15) is 17.7 Å². The van der Waals surface area contributed by atoms with E-state index in [9.17, 15) is 14.4 Å². The second-order valence-electron chi connectivity index (χ2n) is 6.31. The van der Waals surface area contributed by atoms with Crippen LogP contribution in [-0.4, -0.2) is 48.9 Å². The highest BCUT2D eigenvalue weighted by molar-refractivity contribution is 7.20. The number of likely N-dealkylation sites (N-methyl/N-ethyl adjacent to an activating group) is 1. The van der Waals surface area contributed by atoms with E-state index in [0.29, 0.717) is 5.02 Å². The lowest BCUT2D eigenvalue weighted by atomic mass is 10.2. The molecule has 0 spiro atoms. The standard InChI is InChI=1S/C19H19ClN2O4S/c1-22(10-16(23)21-12-6-7-12)17(24)11-26-18(25)9-8-15-19(20)13-4-2-3-5-14(13)27-15/h2-5,8-9,12H,6-7,10-11H2,1H3,(H,21,23)/b9-8+. The van der Waals surface area contributed by atoms with Gasteiger partial charge in [-0.15, -0.1) is 11.3 Å². The van der Waals surface area contributed by atoms with Crippen molar-refractivity contribution in [2.75, 3.05) is 20.2 Å². The number of fused-ring (bicyclic) bond motifs is 1. The second-order valence-corrected chi connectivity index (χ2v) is 7.77. The molecule has 0 radical (unpaired) electrons. The first-order valence-electron chi connectivity index (χ1n) is 8.49. The molecule has 1 aromatic carbocycles. The van der Waals surface area contributed by atoms with Crippen LogP contribution in [0, 0.1) is 0 Å². The Morgan fingerprint density at radius 2 is 2.07 bits per heavy atom.